The maximum absolute atomic E-state index is 13.0. The van der Waals surface area contributed by atoms with Gasteiger partial charge in [0.2, 0.25) is 0 Å². The maximum Gasteiger partial charge on any atom is 0.123 e. The zero-order valence-corrected chi connectivity index (χ0v) is 16.5. The molecule has 3 heteroatoms. The Bertz CT molecular complexity index is 497. The van der Waals surface area contributed by atoms with Crippen molar-refractivity contribution in [2.75, 3.05) is 13.2 Å². The normalized spacial score (nSPS) is 21.4. The maximum atomic E-state index is 13.0. The van der Waals surface area contributed by atoms with Gasteiger partial charge in [-0.05, 0) is 81.5 Å². The van der Waals surface area contributed by atoms with E-state index in [2.05, 4.69) is 33.0 Å². The third-order valence-corrected chi connectivity index (χ3v) is 5.45. The number of hydrogen-bond donors (Lipinski definition) is 1. The summed E-state index contributed by atoms with van der Waals surface area (Å²) in [4.78, 5) is 0. The Labute approximate surface area is 153 Å². The van der Waals surface area contributed by atoms with Crippen LogP contribution in [0.25, 0.3) is 0 Å². The van der Waals surface area contributed by atoms with E-state index in [1.165, 1.54) is 44.2 Å². The molecule has 1 N–H and O–H groups in total. The molecule has 2 atom stereocenters. The highest BCUT2D eigenvalue weighted by atomic mass is 19.1. The lowest BCUT2D eigenvalue weighted by molar-refractivity contribution is -0.0839. The Morgan fingerprint density at radius 2 is 1.88 bits per heavy atom. The Morgan fingerprint density at radius 1 is 1.16 bits per heavy atom. The van der Waals surface area contributed by atoms with Crippen LogP contribution in [0, 0.1) is 23.6 Å². The second-order valence-electron chi connectivity index (χ2n) is 8.68. The lowest BCUT2D eigenvalue weighted by Crippen LogP contribution is -2.37. The minimum absolute atomic E-state index is 0.0283. The molecule has 1 heterocycles. The molecule has 2 rings (SSSR count). The van der Waals surface area contributed by atoms with Crippen molar-refractivity contribution in [3.05, 3.63) is 35.6 Å². The van der Waals surface area contributed by atoms with Gasteiger partial charge in [-0.25, -0.2) is 4.39 Å². The topological polar surface area (TPSA) is 21.3 Å². The fourth-order valence-corrected chi connectivity index (χ4v) is 3.97. The van der Waals surface area contributed by atoms with E-state index < -0.39 is 0 Å². The van der Waals surface area contributed by atoms with Crippen LogP contribution >= 0.6 is 0 Å². The van der Waals surface area contributed by atoms with E-state index in [0.717, 1.165) is 43.0 Å². The van der Waals surface area contributed by atoms with Crippen LogP contribution in [0.4, 0.5) is 4.39 Å². The molecule has 1 fully saturated rings. The smallest absolute Gasteiger partial charge is 0.123 e. The third kappa shape index (κ3) is 7.45. The SMILES string of the molecule is CC(C)CC[C@H](CCNCc1ccc(F)cc1)[C@@H]1CCOC(C)(C)C1. The first-order valence-electron chi connectivity index (χ1n) is 9.95. The minimum Gasteiger partial charge on any atom is -0.376 e. The van der Waals surface area contributed by atoms with Gasteiger partial charge in [0.25, 0.3) is 0 Å². The van der Waals surface area contributed by atoms with Crippen LogP contribution in [0.5, 0.6) is 0 Å². The lowest BCUT2D eigenvalue weighted by Gasteiger charge is -2.39. The summed E-state index contributed by atoms with van der Waals surface area (Å²) in [5, 5.41) is 3.55. The average Bonchev–Trinajstić information content (AvgIpc) is 2.54. The summed E-state index contributed by atoms with van der Waals surface area (Å²) < 4.78 is 18.9. The monoisotopic (exact) mass is 349 g/mol. The third-order valence-electron chi connectivity index (χ3n) is 5.45. The van der Waals surface area contributed by atoms with Gasteiger partial charge in [0.05, 0.1) is 5.60 Å². The van der Waals surface area contributed by atoms with E-state index >= 15 is 0 Å². The lowest BCUT2D eigenvalue weighted by atomic mass is 9.75. The number of benzene rings is 1. The predicted octanol–water partition coefficient (Wildman–Crippen LogP) is 5.56. The fraction of sp³-hybridized carbons (Fsp3) is 0.727. The molecule has 0 amide bonds. The molecule has 1 aromatic rings. The van der Waals surface area contributed by atoms with E-state index in [-0.39, 0.29) is 11.4 Å². The molecule has 0 saturated carbocycles. The summed E-state index contributed by atoms with van der Waals surface area (Å²) in [5.74, 6) is 2.14. The van der Waals surface area contributed by atoms with Crippen molar-refractivity contribution in [2.45, 2.75) is 71.9 Å². The molecule has 0 aromatic heterocycles. The second kappa shape index (κ2) is 9.68. The van der Waals surface area contributed by atoms with Crippen LogP contribution in [-0.2, 0) is 11.3 Å². The average molecular weight is 350 g/mol. The summed E-state index contributed by atoms with van der Waals surface area (Å²) >= 11 is 0. The Kier molecular flexibility index (Phi) is 7.89. The zero-order valence-electron chi connectivity index (χ0n) is 16.5. The summed E-state index contributed by atoms with van der Waals surface area (Å²) in [6.07, 6.45) is 6.21. The zero-order chi connectivity index (χ0) is 18.3. The van der Waals surface area contributed by atoms with Crippen LogP contribution in [-0.4, -0.2) is 18.8 Å². The highest BCUT2D eigenvalue weighted by molar-refractivity contribution is 5.15. The van der Waals surface area contributed by atoms with Gasteiger partial charge in [-0.2, -0.15) is 0 Å². The second-order valence-corrected chi connectivity index (χ2v) is 8.68. The summed E-state index contributed by atoms with van der Waals surface area (Å²) in [7, 11) is 0. The van der Waals surface area contributed by atoms with E-state index in [1.807, 2.05) is 12.1 Å². The van der Waals surface area contributed by atoms with Gasteiger partial charge in [-0.15, -0.1) is 0 Å². The minimum atomic E-state index is -0.167. The summed E-state index contributed by atoms with van der Waals surface area (Å²) in [5.41, 5.74) is 1.17. The van der Waals surface area contributed by atoms with Crippen LogP contribution in [0.2, 0.25) is 0 Å². The molecule has 0 aliphatic carbocycles. The van der Waals surface area contributed by atoms with Crippen LogP contribution in [0.15, 0.2) is 24.3 Å². The van der Waals surface area contributed by atoms with Gasteiger partial charge in [-0.1, -0.05) is 32.4 Å². The molecule has 1 saturated heterocycles. The van der Waals surface area contributed by atoms with Crippen molar-refractivity contribution in [1.82, 2.24) is 5.32 Å². The van der Waals surface area contributed by atoms with Gasteiger partial charge in [0.1, 0.15) is 5.82 Å². The van der Waals surface area contributed by atoms with Crippen molar-refractivity contribution in [3.63, 3.8) is 0 Å². The van der Waals surface area contributed by atoms with Crippen LogP contribution in [0.1, 0.15) is 65.4 Å². The molecule has 0 spiro atoms. The van der Waals surface area contributed by atoms with Crippen LogP contribution in [0.3, 0.4) is 0 Å². The molecule has 142 valence electrons. The van der Waals surface area contributed by atoms with Crippen LogP contribution < -0.4 is 5.32 Å². The largest absolute Gasteiger partial charge is 0.376 e. The van der Waals surface area contributed by atoms with Crippen molar-refractivity contribution in [1.29, 1.82) is 0 Å². The number of halogens is 1. The van der Waals surface area contributed by atoms with E-state index in [0.29, 0.717) is 0 Å². The van der Waals surface area contributed by atoms with E-state index in [9.17, 15) is 4.39 Å². The molecule has 1 aliphatic rings. The quantitative estimate of drug-likeness (QED) is 0.589. The molecule has 0 radical (unpaired) electrons. The van der Waals surface area contributed by atoms with Gasteiger partial charge in [-0.3, -0.25) is 0 Å². The van der Waals surface area contributed by atoms with Crippen molar-refractivity contribution >= 4 is 0 Å². The number of ether oxygens (including phenoxy) is 1. The van der Waals surface area contributed by atoms with Crippen molar-refractivity contribution in [2.24, 2.45) is 17.8 Å². The molecular formula is C22H36FNO. The first-order valence-corrected chi connectivity index (χ1v) is 9.95. The van der Waals surface area contributed by atoms with E-state index in [1.54, 1.807) is 0 Å². The molecule has 1 aromatic carbocycles. The standard InChI is InChI=1S/C22H36FNO/c1-17(2)5-8-19(20-12-14-25-22(3,4)15-20)11-13-24-16-18-6-9-21(23)10-7-18/h6-7,9-10,17,19-20,24H,5,8,11-16H2,1-4H3/t19-,20-/m1/s1. The highest BCUT2D eigenvalue weighted by Crippen LogP contribution is 2.37. The summed E-state index contributed by atoms with van der Waals surface area (Å²) in [6, 6.07) is 6.79. The number of nitrogens with one attached hydrogen (secondary N) is 1. The van der Waals surface area contributed by atoms with E-state index in [4.69, 9.17) is 4.74 Å². The Morgan fingerprint density at radius 3 is 2.52 bits per heavy atom. The molecule has 2 nitrogen and oxygen atoms in total. The number of rotatable bonds is 9. The highest BCUT2D eigenvalue weighted by Gasteiger charge is 2.33. The molecule has 0 bridgehead atoms. The van der Waals surface area contributed by atoms with Crippen molar-refractivity contribution < 1.29 is 9.13 Å². The fourth-order valence-electron chi connectivity index (χ4n) is 3.97. The number of hydrogen-bond acceptors (Lipinski definition) is 2. The molecule has 1 aliphatic heterocycles. The van der Waals surface area contributed by atoms with Gasteiger partial charge in [0, 0.05) is 13.2 Å². The Hall–Kier alpha value is -0.930. The summed E-state index contributed by atoms with van der Waals surface area (Å²) in [6.45, 7) is 11.8. The molecular weight excluding hydrogens is 313 g/mol. The first-order chi connectivity index (χ1) is 11.9. The van der Waals surface area contributed by atoms with Gasteiger partial charge < -0.3 is 10.1 Å². The predicted molar refractivity (Wildman–Crippen MR) is 103 cm³/mol. The first kappa shape index (κ1) is 20.4. The van der Waals surface area contributed by atoms with Gasteiger partial charge >= 0.3 is 0 Å². The van der Waals surface area contributed by atoms with Gasteiger partial charge in [0.15, 0.2) is 0 Å². The Balaban J connectivity index is 1.81. The molecule has 0 unspecified atom stereocenters. The van der Waals surface area contributed by atoms with Crippen molar-refractivity contribution in [3.8, 4) is 0 Å². The molecule has 25 heavy (non-hydrogen) atoms.